The molecule has 1 aliphatic rings. The smallest absolute Gasteiger partial charge is 0.344 e. The third kappa shape index (κ3) is 2.09. The van der Waals surface area contributed by atoms with Gasteiger partial charge in [-0.3, -0.25) is 9.55 Å². The third-order valence-electron chi connectivity index (χ3n) is 3.61. The minimum Gasteiger partial charge on any atom is -0.397 e. The zero-order valence-corrected chi connectivity index (χ0v) is 11.9. The number of nitrogen functional groups attached to an aromatic ring is 1. The Morgan fingerprint density at radius 1 is 1.33 bits per heavy atom. The van der Waals surface area contributed by atoms with E-state index in [-0.39, 0.29) is 11.7 Å². The van der Waals surface area contributed by atoms with Gasteiger partial charge < -0.3 is 5.73 Å². The first kappa shape index (κ1) is 12.5. The maximum Gasteiger partial charge on any atom is 0.344 e. The quantitative estimate of drug-likeness (QED) is 0.724. The van der Waals surface area contributed by atoms with Crippen LogP contribution >= 0.6 is 11.8 Å². The van der Waals surface area contributed by atoms with E-state index in [0.29, 0.717) is 10.8 Å². The van der Waals surface area contributed by atoms with E-state index in [1.807, 2.05) is 18.2 Å². The Morgan fingerprint density at radius 3 is 3.00 bits per heavy atom. The number of nitrogens with zero attached hydrogens (tertiary/aromatic N) is 3. The topological polar surface area (TPSA) is 89.6 Å². The highest BCUT2D eigenvalue weighted by Crippen LogP contribution is 2.40. The lowest BCUT2D eigenvalue weighted by atomic mass is 10.1. The Bertz CT molecular complexity index is 880. The van der Waals surface area contributed by atoms with Gasteiger partial charge in [-0.1, -0.05) is 6.07 Å². The number of nitrogens with one attached hydrogen (secondary N) is 1. The van der Waals surface area contributed by atoms with E-state index in [1.54, 1.807) is 17.0 Å². The zero-order chi connectivity index (χ0) is 14.4. The van der Waals surface area contributed by atoms with E-state index in [1.165, 1.54) is 11.8 Å². The second-order valence-electron chi connectivity index (χ2n) is 5.09. The summed E-state index contributed by atoms with van der Waals surface area (Å²) in [4.78, 5) is 16.8. The van der Waals surface area contributed by atoms with Crippen molar-refractivity contribution in [1.29, 1.82) is 0 Å². The van der Waals surface area contributed by atoms with Gasteiger partial charge in [0, 0.05) is 34.1 Å². The van der Waals surface area contributed by atoms with Gasteiger partial charge >= 0.3 is 5.69 Å². The second kappa shape index (κ2) is 4.63. The molecule has 2 aromatic heterocycles. The predicted molar refractivity (Wildman–Crippen MR) is 81.4 cm³/mol. The van der Waals surface area contributed by atoms with Crippen molar-refractivity contribution in [3.05, 3.63) is 41.1 Å². The average molecular weight is 299 g/mol. The van der Waals surface area contributed by atoms with E-state index >= 15 is 0 Å². The number of hydrogen-bond donors (Lipinski definition) is 2. The van der Waals surface area contributed by atoms with Crippen molar-refractivity contribution in [2.75, 3.05) is 5.73 Å². The Balaban J connectivity index is 1.78. The summed E-state index contributed by atoms with van der Waals surface area (Å²) in [5.74, 6) is 0. The number of anilines is 1. The number of benzene rings is 1. The van der Waals surface area contributed by atoms with E-state index in [4.69, 9.17) is 5.73 Å². The minimum atomic E-state index is -0.149. The normalized spacial score (nSPS) is 14.7. The first-order valence-electron chi connectivity index (χ1n) is 6.71. The molecule has 6 nitrogen and oxygen atoms in total. The van der Waals surface area contributed by atoms with E-state index < -0.39 is 0 Å². The Hall–Kier alpha value is -2.28. The fourth-order valence-electron chi connectivity index (χ4n) is 2.38. The summed E-state index contributed by atoms with van der Waals surface area (Å²) in [5, 5.41) is 9.27. The number of fused-ring (bicyclic) bond motifs is 1. The number of aromatic nitrogens is 4. The van der Waals surface area contributed by atoms with Crippen LogP contribution in [-0.4, -0.2) is 19.7 Å². The summed E-state index contributed by atoms with van der Waals surface area (Å²) in [5.41, 5.74) is 6.78. The van der Waals surface area contributed by atoms with Crippen LogP contribution in [0.25, 0.3) is 10.8 Å². The van der Waals surface area contributed by atoms with Crippen LogP contribution in [0, 0.1) is 0 Å². The van der Waals surface area contributed by atoms with Crippen molar-refractivity contribution in [3.8, 4) is 0 Å². The van der Waals surface area contributed by atoms with Gasteiger partial charge in [-0.2, -0.15) is 0 Å². The average Bonchev–Trinajstić information content (AvgIpc) is 3.27. The maximum atomic E-state index is 11.8. The van der Waals surface area contributed by atoms with Crippen LogP contribution in [0.4, 0.5) is 5.69 Å². The van der Waals surface area contributed by atoms with Gasteiger partial charge in [0.1, 0.15) is 0 Å². The zero-order valence-electron chi connectivity index (χ0n) is 11.1. The molecular weight excluding hydrogens is 286 g/mol. The summed E-state index contributed by atoms with van der Waals surface area (Å²) in [7, 11) is 0. The van der Waals surface area contributed by atoms with Crippen molar-refractivity contribution >= 4 is 28.2 Å². The lowest BCUT2D eigenvalue weighted by Crippen LogP contribution is -2.16. The minimum absolute atomic E-state index is 0.149. The molecule has 0 bridgehead atoms. The summed E-state index contributed by atoms with van der Waals surface area (Å²) in [6.45, 7) is 0. The Labute approximate surface area is 124 Å². The molecule has 3 N–H and O–H groups in total. The number of hydrogen-bond acceptors (Lipinski definition) is 5. The van der Waals surface area contributed by atoms with Crippen molar-refractivity contribution in [2.24, 2.45) is 0 Å². The summed E-state index contributed by atoms with van der Waals surface area (Å²) in [6.07, 6.45) is 5.58. The number of rotatable bonds is 3. The van der Waals surface area contributed by atoms with Crippen LogP contribution in [0.15, 0.2) is 45.4 Å². The van der Waals surface area contributed by atoms with E-state index in [0.717, 1.165) is 28.5 Å². The lowest BCUT2D eigenvalue weighted by molar-refractivity contribution is 0.642. The molecule has 0 saturated heterocycles. The van der Waals surface area contributed by atoms with Gasteiger partial charge in [-0.05, 0) is 36.7 Å². The molecule has 0 aliphatic heterocycles. The lowest BCUT2D eigenvalue weighted by Gasteiger charge is -2.08. The van der Waals surface area contributed by atoms with Crippen molar-refractivity contribution in [3.63, 3.8) is 0 Å². The molecule has 2 heterocycles. The molecule has 0 spiro atoms. The molecular formula is C14H13N5OS. The van der Waals surface area contributed by atoms with Gasteiger partial charge in [0.15, 0.2) is 5.16 Å². The Morgan fingerprint density at radius 2 is 2.19 bits per heavy atom. The highest BCUT2D eigenvalue weighted by atomic mass is 32.2. The van der Waals surface area contributed by atoms with Crippen LogP contribution in [0.2, 0.25) is 0 Å². The highest BCUT2D eigenvalue weighted by Gasteiger charge is 2.29. The molecule has 21 heavy (non-hydrogen) atoms. The van der Waals surface area contributed by atoms with Crippen molar-refractivity contribution < 1.29 is 0 Å². The molecule has 1 aliphatic carbocycles. The van der Waals surface area contributed by atoms with Gasteiger partial charge in [0.2, 0.25) is 0 Å². The van der Waals surface area contributed by atoms with Gasteiger partial charge in [0.25, 0.3) is 0 Å². The standard InChI is InChI=1S/C14H13N5OS/c15-12-10-5-6-16-7-8(10)1-4-11(12)21-14-18-17-13(20)19(14)9-2-3-9/h1,4-7,9H,2-3,15H2,(H,17,20). The molecule has 0 unspecified atom stereocenters. The molecule has 3 aromatic rings. The maximum absolute atomic E-state index is 11.8. The van der Waals surface area contributed by atoms with E-state index in [2.05, 4.69) is 15.2 Å². The summed E-state index contributed by atoms with van der Waals surface area (Å²) >= 11 is 1.42. The van der Waals surface area contributed by atoms with Crippen molar-refractivity contribution in [2.45, 2.75) is 28.9 Å². The molecule has 1 aromatic carbocycles. The van der Waals surface area contributed by atoms with Crippen LogP contribution in [0.5, 0.6) is 0 Å². The Kier molecular flexibility index (Phi) is 2.75. The number of H-pyrrole nitrogens is 1. The van der Waals surface area contributed by atoms with Gasteiger partial charge in [-0.25, -0.2) is 9.89 Å². The molecule has 1 fully saturated rings. The molecule has 0 radical (unpaired) electrons. The number of pyridine rings is 1. The SMILES string of the molecule is Nc1c(Sc2n[nH]c(=O)n2C2CC2)ccc2cnccc12. The van der Waals surface area contributed by atoms with Crippen LogP contribution in [0.1, 0.15) is 18.9 Å². The summed E-state index contributed by atoms with van der Waals surface area (Å²) < 4.78 is 1.72. The molecule has 7 heteroatoms. The largest absolute Gasteiger partial charge is 0.397 e. The van der Waals surface area contributed by atoms with Gasteiger partial charge in [0.05, 0.1) is 5.69 Å². The molecule has 0 amide bonds. The number of nitrogens with two attached hydrogens (primary N) is 1. The fourth-order valence-corrected chi connectivity index (χ4v) is 3.35. The van der Waals surface area contributed by atoms with Crippen LogP contribution in [-0.2, 0) is 0 Å². The van der Waals surface area contributed by atoms with E-state index in [9.17, 15) is 4.79 Å². The summed E-state index contributed by atoms with van der Waals surface area (Å²) in [6, 6.07) is 6.10. The van der Waals surface area contributed by atoms with Crippen molar-refractivity contribution in [1.82, 2.24) is 19.7 Å². The highest BCUT2D eigenvalue weighted by molar-refractivity contribution is 7.99. The first-order valence-corrected chi connectivity index (χ1v) is 7.52. The first-order chi connectivity index (χ1) is 10.2. The second-order valence-corrected chi connectivity index (χ2v) is 6.10. The van der Waals surface area contributed by atoms with Crippen LogP contribution < -0.4 is 11.4 Å². The third-order valence-corrected chi connectivity index (χ3v) is 4.65. The molecule has 106 valence electrons. The molecule has 1 saturated carbocycles. The van der Waals surface area contributed by atoms with Crippen LogP contribution in [0.3, 0.4) is 0 Å². The fraction of sp³-hybridized carbons (Fsp3) is 0.214. The molecule has 4 rings (SSSR count). The monoisotopic (exact) mass is 299 g/mol. The van der Waals surface area contributed by atoms with Gasteiger partial charge in [-0.15, -0.1) is 5.10 Å². The number of aromatic amines is 1. The predicted octanol–water partition coefficient (Wildman–Crippen LogP) is 2.19. The molecule has 0 atom stereocenters.